The molecule has 0 saturated heterocycles. The van der Waals surface area contributed by atoms with Gasteiger partial charge in [0.2, 0.25) is 0 Å². The molecule has 0 aliphatic carbocycles. The molecule has 1 N–H and O–H groups in total. The van der Waals surface area contributed by atoms with Crippen LogP contribution in [0.4, 0.5) is 0 Å². The van der Waals surface area contributed by atoms with Crippen LogP contribution in [-0.2, 0) is 14.3 Å². The molecule has 5 heteroatoms. The van der Waals surface area contributed by atoms with Gasteiger partial charge in [0.05, 0.1) is 0 Å². The molecule has 0 aliphatic rings. The van der Waals surface area contributed by atoms with Gasteiger partial charge in [0.15, 0.2) is 6.61 Å². The lowest BCUT2D eigenvalue weighted by Crippen LogP contribution is -2.28. The van der Waals surface area contributed by atoms with Gasteiger partial charge in [0, 0.05) is 12.6 Å². The number of hydrogen-bond donors (Lipinski definition) is 1. The van der Waals surface area contributed by atoms with Gasteiger partial charge in [-0.25, -0.2) is 4.79 Å². The van der Waals surface area contributed by atoms with Gasteiger partial charge in [-0.05, 0) is 31.6 Å². The first kappa shape index (κ1) is 14.0. The number of esters is 1. The first-order chi connectivity index (χ1) is 8.61. The Hall–Kier alpha value is -2.04. The van der Waals surface area contributed by atoms with E-state index in [4.69, 9.17) is 9.15 Å². The van der Waals surface area contributed by atoms with Gasteiger partial charge in [-0.1, -0.05) is 6.92 Å². The second-order valence-electron chi connectivity index (χ2n) is 3.74. The lowest BCUT2D eigenvalue weighted by atomic mass is 10.4. The third kappa shape index (κ3) is 5.34. The van der Waals surface area contributed by atoms with Gasteiger partial charge in [-0.15, -0.1) is 0 Å². The van der Waals surface area contributed by atoms with E-state index in [9.17, 15) is 9.59 Å². The number of ether oxygens (including phenoxy) is 1. The average Bonchev–Trinajstić information content (AvgIpc) is 2.77. The molecule has 1 heterocycles. The van der Waals surface area contributed by atoms with Gasteiger partial charge in [0.25, 0.3) is 5.91 Å². The van der Waals surface area contributed by atoms with Crippen LogP contribution in [0.5, 0.6) is 0 Å². The Labute approximate surface area is 106 Å². The Balaban J connectivity index is 2.29. The van der Waals surface area contributed by atoms with Crippen LogP contribution < -0.4 is 5.32 Å². The Morgan fingerprint density at radius 2 is 2.22 bits per heavy atom. The highest BCUT2D eigenvalue weighted by atomic mass is 16.5. The van der Waals surface area contributed by atoms with E-state index in [1.165, 1.54) is 12.2 Å². The molecule has 0 saturated carbocycles. The monoisotopic (exact) mass is 251 g/mol. The predicted octanol–water partition coefficient (Wildman–Crippen LogP) is 1.67. The Morgan fingerprint density at radius 1 is 1.44 bits per heavy atom. The zero-order chi connectivity index (χ0) is 13.4. The molecule has 1 aromatic heterocycles. The summed E-state index contributed by atoms with van der Waals surface area (Å²) in [4.78, 5) is 22.4. The summed E-state index contributed by atoms with van der Waals surface area (Å²) in [6.07, 6.45) is 3.57. The second kappa shape index (κ2) is 7.32. The second-order valence-corrected chi connectivity index (χ2v) is 3.74. The van der Waals surface area contributed by atoms with E-state index in [2.05, 4.69) is 5.32 Å². The molecule has 0 radical (unpaired) electrons. The molecule has 0 aliphatic heterocycles. The van der Waals surface area contributed by atoms with Crippen LogP contribution in [0, 0.1) is 6.92 Å². The number of amides is 1. The highest BCUT2D eigenvalue weighted by molar-refractivity contribution is 5.88. The average molecular weight is 251 g/mol. The number of nitrogens with one attached hydrogen (secondary N) is 1. The van der Waals surface area contributed by atoms with Gasteiger partial charge in [-0.2, -0.15) is 0 Å². The van der Waals surface area contributed by atoms with Crippen molar-refractivity contribution in [2.45, 2.75) is 20.3 Å². The molecule has 0 unspecified atom stereocenters. The SMILES string of the molecule is CCCNC(=O)COC(=O)C=Cc1ccc(C)o1. The van der Waals surface area contributed by atoms with E-state index in [-0.39, 0.29) is 12.5 Å². The molecule has 5 nitrogen and oxygen atoms in total. The Morgan fingerprint density at radius 3 is 2.83 bits per heavy atom. The van der Waals surface area contributed by atoms with E-state index in [1.54, 1.807) is 12.1 Å². The van der Waals surface area contributed by atoms with Crippen molar-refractivity contribution in [3.8, 4) is 0 Å². The van der Waals surface area contributed by atoms with Gasteiger partial charge in [-0.3, -0.25) is 4.79 Å². The van der Waals surface area contributed by atoms with Crippen molar-refractivity contribution < 1.29 is 18.7 Å². The molecule has 18 heavy (non-hydrogen) atoms. The highest BCUT2D eigenvalue weighted by Crippen LogP contribution is 2.07. The summed E-state index contributed by atoms with van der Waals surface area (Å²) in [5, 5.41) is 2.61. The molecule has 0 spiro atoms. The van der Waals surface area contributed by atoms with Crippen molar-refractivity contribution >= 4 is 18.0 Å². The Kier molecular flexibility index (Phi) is 5.70. The van der Waals surface area contributed by atoms with Crippen LogP contribution in [0.1, 0.15) is 24.9 Å². The van der Waals surface area contributed by atoms with Crippen molar-refractivity contribution in [3.05, 3.63) is 29.7 Å². The zero-order valence-electron chi connectivity index (χ0n) is 10.6. The number of rotatable bonds is 6. The number of carbonyl (C=O) groups excluding carboxylic acids is 2. The normalized spacial score (nSPS) is 10.6. The molecule has 1 amide bonds. The van der Waals surface area contributed by atoms with E-state index in [0.717, 1.165) is 12.2 Å². The van der Waals surface area contributed by atoms with Crippen LogP contribution in [0.2, 0.25) is 0 Å². The quantitative estimate of drug-likeness (QED) is 0.617. The van der Waals surface area contributed by atoms with Crippen LogP contribution in [0.15, 0.2) is 22.6 Å². The first-order valence-corrected chi connectivity index (χ1v) is 5.79. The fourth-order valence-electron chi connectivity index (χ4n) is 1.19. The topological polar surface area (TPSA) is 68.5 Å². The molecular formula is C13H17NO4. The van der Waals surface area contributed by atoms with Crippen LogP contribution in [0.25, 0.3) is 6.08 Å². The zero-order valence-corrected chi connectivity index (χ0v) is 10.6. The summed E-state index contributed by atoms with van der Waals surface area (Å²) in [7, 11) is 0. The third-order valence-electron chi connectivity index (χ3n) is 2.06. The fourth-order valence-corrected chi connectivity index (χ4v) is 1.19. The van der Waals surface area contributed by atoms with E-state index in [1.807, 2.05) is 13.8 Å². The van der Waals surface area contributed by atoms with Crippen LogP contribution in [0.3, 0.4) is 0 Å². The molecule has 0 atom stereocenters. The minimum absolute atomic E-state index is 0.264. The van der Waals surface area contributed by atoms with E-state index < -0.39 is 5.97 Å². The van der Waals surface area contributed by atoms with Crippen molar-refractivity contribution in [3.63, 3.8) is 0 Å². The maximum absolute atomic E-state index is 11.3. The van der Waals surface area contributed by atoms with Crippen molar-refractivity contribution in [2.24, 2.45) is 0 Å². The smallest absolute Gasteiger partial charge is 0.331 e. The van der Waals surface area contributed by atoms with Gasteiger partial charge in [0.1, 0.15) is 11.5 Å². The summed E-state index contributed by atoms with van der Waals surface area (Å²) in [6.45, 7) is 4.08. The molecule has 1 aromatic rings. The highest BCUT2D eigenvalue weighted by Gasteiger charge is 2.04. The predicted molar refractivity (Wildman–Crippen MR) is 66.7 cm³/mol. The number of furan rings is 1. The molecule has 1 rings (SSSR count). The molecule has 0 bridgehead atoms. The summed E-state index contributed by atoms with van der Waals surface area (Å²) in [5.41, 5.74) is 0. The largest absolute Gasteiger partial charge is 0.462 e. The third-order valence-corrected chi connectivity index (χ3v) is 2.06. The lowest BCUT2D eigenvalue weighted by Gasteiger charge is -2.02. The number of carbonyl (C=O) groups is 2. The number of hydrogen-bond acceptors (Lipinski definition) is 4. The molecule has 98 valence electrons. The molecular weight excluding hydrogens is 234 g/mol. The summed E-state index contributed by atoms with van der Waals surface area (Å²) in [6, 6.07) is 3.54. The maximum atomic E-state index is 11.3. The molecule has 0 aromatic carbocycles. The minimum atomic E-state index is -0.573. The lowest BCUT2D eigenvalue weighted by molar-refractivity contribution is -0.143. The number of aryl methyl sites for hydroxylation is 1. The maximum Gasteiger partial charge on any atom is 0.331 e. The van der Waals surface area contributed by atoms with E-state index >= 15 is 0 Å². The van der Waals surface area contributed by atoms with Gasteiger partial charge >= 0.3 is 5.97 Å². The Bertz CT molecular complexity index is 434. The van der Waals surface area contributed by atoms with Gasteiger partial charge < -0.3 is 14.5 Å². The van der Waals surface area contributed by atoms with Crippen LogP contribution >= 0.6 is 0 Å². The van der Waals surface area contributed by atoms with Crippen molar-refractivity contribution in [1.29, 1.82) is 0 Å². The summed E-state index contributed by atoms with van der Waals surface area (Å²) in [5.74, 6) is 0.463. The first-order valence-electron chi connectivity index (χ1n) is 5.79. The minimum Gasteiger partial charge on any atom is -0.462 e. The fraction of sp³-hybridized carbons (Fsp3) is 0.385. The van der Waals surface area contributed by atoms with Crippen LogP contribution in [-0.4, -0.2) is 25.0 Å². The summed E-state index contributed by atoms with van der Waals surface area (Å²) >= 11 is 0. The van der Waals surface area contributed by atoms with E-state index in [0.29, 0.717) is 12.3 Å². The van der Waals surface area contributed by atoms with Crippen molar-refractivity contribution in [2.75, 3.05) is 13.2 Å². The molecule has 0 fully saturated rings. The van der Waals surface area contributed by atoms with Crippen molar-refractivity contribution in [1.82, 2.24) is 5.32 Å². The standard InChI is InChI=1S/C13H17NO4/c1-3-8-14-12(15)9-17-13(16)7-6-11-5-4-10(2)18-11/h4-7H,3,8-9H2,1-2H3,(H,14,15). The summed E-state index contributed by atoms with van der Waals surface area (Å²) < 4.78 is 9.99.